The Morgan fingerprint density at radius 1 is 0.900 bits per heavy atom. The summed E-state index contributed by atoms with van der Waals surface area (Å²) >= 11 is 0. The first-order valence-electron chi connectivity index (χ1n) is 10.0. The average Bonchev–Trinajstić information content (AvgIpc) is 2.79. The highest BCUT2D eigenvalue weighted by Crippen LogP contribution is 2.45. The summed E-state index contributed by atoms with van der Waals surface area (Å²) in [5.74, 6) is 0.337. The Bertz CT molecular complexity index is 965. The molecule has 3 aromatic rings. The van der Waals surface area contributed by atoms with Gasteiger partial charge in [-0.1, -0.05) is 72.8 Å². The minimum atomic E-state index is -3.04. The smallest absolute Gasteiger partial charge is 0.161 e. The summed E-state index contributed by atoms with van der Waals surface area (Å²) in [5.41, 5.74) is 0. The van der Waals surface area contributed by atoms with Crippen molar-refractivity contribution < 1.29 is 24.3 Å². The van der Waals surface area contributed by atoms with Gasteiger partial charge in [0.2, 0.25) is 0 Å². The van der Waals surface area contributed by atoms with Gasteiger partial charge in [0, 0.05) is 23.2 Å². The zero-order valence-electron chi connectivity index (χ0n) is 16.5. The van der Waals surface area contributed by atoms with E-state index in [4.69, 9.17) is 9.47 Å². The lowest BCUT2D eigenvalue weighted by molar-refractivity contribution is -0.117. The highest BCUT2D eigenvalue weighted by molar-refractivity contribution is 7.78. The first-order chi connectivity index (χ1) is 14.6. The summed E-state index contributed by atoms with van der Waals surface area (Å²) < 4.78 is 26.0. The molecule has 1 aliphatic heterocycles. The Morgan fingerprint density at radius 3 is 2.07 bits per heavy atom. The van der Waals surface area contributed by atoms with Crippen molar-refractivity contribution in [1.82, 2.24) is 0 Å². The fourth-order valence-corrected chi connectivity index (χ4v) is 6.66. The third kappa shape index (κ3) is 4.29. The van der Waals surface area contributed by atoms with Gasteiger partial charge in [-0.3, -0.25) is 0 Å². The average molecular weight is 424 g/mol. The van der Waals surface area contributed by atoms with E-state index < -0.39 is 25.5 Å². The molecule has 0 spiro atoms. The lowest BCUT2D eigenvalue weighted by atomic mass is 10.0. The van der Waals surface area contributed by atoms with Crippen LogP contribution in [0.25, 0.3) is 0 Å². The van der Waals surface area contributed by atoms with Crippen LogP contribution in [0.15, 0.2) is 84.9 Å². The molecule has 4 rings (SSSR count). The number of hydrogen-bond donors (Lipinski definition) is 2. The number of ether oxygens (including phenoxy) is 2. The molecule has 1 saturated heterocycles. The first-order valence-corrected chi connectivity index (χ1v) is 11.9. The van der Waals surface area contributed by atoms with Gasteiger partial charge in [-0.15, -0.1) is 0 Å². The molecule has 3 atom stereocenters. The van der Waals surface area contributed by atoms with E-state index in [1.165, 1.54) is 6.07 Å². The van der Waals surface area contributed by atoms with E-state index >= 15 is 0 Å². The zero-order valence-corrected chi connectivity index (χ0v) is 17.4. The maximum Gasteiger partial charge on any atom is 0.161 e. The van der Waals surface area contributed by atoms with Crippen molar-refractivity contribution in [3.8, 4) is 11.5 Å². The van der Waals surface area contributed by atoms with E-state index in [0.29, 0.717) is 18.8 Å². The van der Waals surface area contributed by atoms with Crippen LogP contribution in [-0.2, 0) is 9.30 Å². The molecule has 0 saturated carbocycles. The van der Waals surface area contributed by atoms with Crippen LogP contribution in [0.4, 0.5) is 0 Å². The largest absolute Gasteiger partial charge is 0.504 e. The third-order valence-corrected chi connectivity index (χ3v) is 8.56. The van der Waals surface area contributed by atoms with Gasteiger partial charge in [0.1, 0.15) is 19.3 Å². The molecule has 0 aromatic heterocycles. The fourth-order valence-electron chi connectivity index (χ4n) is 3.80. The van der Waals surface area contributed by atoms with Crippen molar-refractivity contribution >= 4 is 17.8 Å². The number of para-hydroxylation sites is 2. The van der Waals surface area contributed by atoms with Gasteiger partial charge in [0.05, 0.1) is 12.7 Å². The Kier molecular flexibility index (Phi) is 6.24. The molecule has 3 aromatic carbocycles. The van der Waals surface area contributed by atoms with Gasteiger partial charge >= 0.3 is 0 Å². The number of hydrogen-bond acceptors (Lipinski definition) is 5. The molecule has 0 aliphatic carbocycles. The molecule has 5 nitrogen and oxygen atoms in total. The Balaban J connectivity index is 1.60. The number of aliphatic hydroxyl groups excluding tert-OH is 1. The van der Waals surface area contributed by atoms with Crippen LogP contribution in [0.5, 0.6) is 11.5 Å². The maximum absolute atomic E-state index is 14.3. The van der Waals surface area contributed by atoms with Gasteiger partial charge < -0.3 is 24.3 Å². The van der Waals surface area contributed by atoms with Crippen LogP contribution in [0.1, 0.15) is 6.42 Å². The topological polar surface area (TPSA) is 76.0 Å². The van der Waals surface area contributed by atoms with Crippen molar-refractivity contribution in [2.45, 2.75) is 24.7 Å². The molecule has 30 heavy (non-hydrogen) atoms. The lowest BCUT2D eigenvalue weighted by Gasteiger charge is -2.36. The van der Waals surface area contributed by atoms with E-state index in [-0.39, 0.29) is 11.9 Å². The van der Waals surface area contributed by atoms with Gasteiger partial charge in [-0.25, -0.2) is 0 Å². The number of aliphatic hydroxyl groups is 1. The Hall–Kier alpha value is -2.59. The summed E-state index contributed by atoms with van der Waals surface area (Å²) in [7, 11) is -3.04. The summed E-state index contributed by atoms with van der Waals surface area (Å²) in [6, 6.07) is 25.4. The number of benzene rings is 3. The fraction of sp³-hybridized carbons (Fsp3) is 0.250. The molecule has 6 heteroatoms. The standard InChI is InChI=1S/C24H25O5P/c25-20-13-7-8-14-21(20)29-22-15-16-28-23(24(22)26)17-30(27,18-9-3-1-4-10-18)19-11-5-2-6-12-19/h1-14,22-26H,15-17H2/t22-,23-,24+/m1/s1. The number of phenolic OH excluding ortho intramolecular Hbond substituents is 1. The zero-order chi connectivity index (χ0) is 21.0. The van der Waals surface area contributed by atoms with Crippen LogP contribution in [0, 0.1) is 0 Å². The minimum absolute atomic E-state index is 0.0204. The SMILES string of the molecule is O=P(C[C@H]1OCC[C@@H](Oc2ccccc2O)[C@@H]1O)(c1ccccc1)c1ccccc1. The van der Waals surface area contributed by atoms with Crippen LogP contribution >= 0.6 is 7.14 Å². The second-order valence-corrected chi connectivity index (χ2v) is 10.3. The maximum atomic E-state index is 14.3. The second-order valence-electron chi connectivity index (χ2n) is 7.41. The molecule has 1 aliphatic rings. The summed E-state index contributed by atoms with van der Waals surface area (Å²) in [6.45, 7) is 0.379. The minimum Gasteiger partial charge on any atom is -0.504 e. The Morgan fingerprint density at radius 2 is 1.47 bits per heavy atom. The van der Waals surface area contributed by atoms with E-state index in [1.807, 2.05) is 60.7 Å². The Labute approximate surface area is 176 Å². The molecular formula is C24H25O5P. The summed E-state index contributed by atoms with van der Waals surface area (Å²) in [5, 5.41) is 22.4. The van der Waals surface area contributed by atoms with Gasteiger partial charge in [0.25, 0.3) is 0 Å². The molecule has 2 N–H and O–H groups in total. The van der Waals surface area contributed by atoms with E-state index in [9.17, 15) is 14.8 Å². The monoisotopic (exact) mass is 424 g/mol. The predicted molar refractivity (Wildman–Crippen MR) is 118 cm³/mol. The number of aromatic hydroxyl groups is 1. The summed E-state index contributed by atoms with van der Waals surface area (Å²) in [6.07, 6.45) is -1.53. The van der Waals surface area contributed by atoms with Crippen molar-refractivity contribution in [1.29, 1.82) is 0 Å². The molecule has 156 valence electrons. The van der Waals surface area contributed by atoms with Gasteiger partial charge in [-0.2, -0.15) is 0 Å². The molecular weight excluding hydrogens is 399 g/mol. The van der Waals surface area contributed by atoms with E-state index in [2.05, 4.69) is 0 Å². The van der Waals surface area contributed by atoms with Gasteiger partial charge in [0.15, 0.2) is 11.5 Å². The van der Waals surface area contributed by atoms with E-state index in [1.54, 1.807) is 18.2 Å². The molecule has 0 unspecified atom stereocenters. The van der Waals surface area contributed by atoms with Crippen molar-refractivity contribution in [3.63, 3.8) is 0 Å². The number of rotatable bonds is 6. The van der Waals surface area contributed by atoms with E-state index in [0.717, 1.165) is 10.6 Å². The van der Waals surface area contributed by atoms with Crippen LogP contribution in [0.2, 0.25) is 0 Å². The lowest BCUT2D eigenvalue weighted by Crippen LogP contribution is -2.49. The second kappa shape index (κ2) is 9.05. The van der Waals surface area contributed by atoms with Crippen molar-refractivity contribution in [2.75, 3.05) is 12.8 Å². The molecule has 1 fully saturated rings. The molecule has 0 amide bonds. The first kappa shape index (κ1) is 20.7. The van der Waals surface area contributed by atoms with Crippen LogP contribution in [0.3, 0.4) is 0 Å². The predicted octanol–water partition coefficient (Wildman–Crippen LogP) is 3.30. The highest BCUT2D eigenvalue weighted by Gasteiger charge is 2.40. The normalized spacial score (nSPS) is 21.8. The van der Waals surface area contributed by atoms with Crippen molar-refractivity contribution in [2.24, 2.45) is 0 Å². The quantitative estimate of drug-likeness (QED) is 0.594. The highest BCUT2D eigenvalue weighted by atomic mass is 31.2. The molecule has 1 heterocycles. The van der Waals surface area contributed by atoms with Crippen molar-refractivity contribution in [3.05, 3.63) is 84.9 Å². The van der Waals surface area contributed by atoms with Gasteiger partial charge in [-0.05, 0) is 12.1 Å². The number of phenols is 1. The third-order valence-electron chi connectivity index (χ3n) is 5.42. The molecule has 0 bridgehead atoms. The molecule has 0 radical (unpaired) electrons. The van der Waals surface area contributed by atoms with Crippen LogP contribution in [-0.4, -0.2) is 41.3 Å². The summed E-state index contributed by atoms with van der Waals surface area (Å²) in [4.78, 5) is 0. The van der Waals surface area contributed by atoms with Crippen LogP contribution < -0.4 is 15.3 Å².